The summed E-state index contributed by atoms with van der Waals surface area (Å²) in [5, 5.41) is 13.2. The first kappa shape index (κ1) is 13.0. The molecule has 0 saturated heterocycles. The van der Waals surface area contributed by atoms with Gasteiger partial charge in [-0.15, -0.1) is 0 Å². The summed E-state index contributed by atoms with van der Waals surface area (Å²) in [6, 6.07) is 6.57. The Morgan fingerprint density at radius 3 is 2.71 bits per heavy atom. The number of carboxylic acids is 1. The predicted octanol–water partition coefficient (Wildman–Crippen LogP) is 1.04. The van der Waals surface area contributed by atoms with Crippen LogP contribution in [0, 0.1) is 0 Å². The molecule has 0 spiro atoms. The highest BCUT2D eigenvalue weighted by molar-refractivity contribution is 5.91. The van der Waals surface area contributed by atoms with Crippen LogP contribution in [0.1, 0.15) is 5.56 Å². The van der Waals surface area contributed by atoms with Crippen LogP contribution in [0.2, 0.25) is 0 Å². The number of carboxylic acid groups (broad SMARTS) is 1. The number of urea groups is 1. The van der Waals surface area contributed by atoms with E-state index in [0.717, 1.165) is 5.56 Å². The SMILES string of the molecule is COCc1ccccc1NC(=O)NCC(=O)O. The van der Waals surface area contributed by atoms with E-state index in [1.165, 1.54) is 0 Å². The number of rotatable bonds is 5. The van der Waals surface area contributed by atoms with E-state index in [-0.39, 0.29) is 0 Å². The highest BCUT2D eigenvalue weighted by atomic mass is 16.5. The molecule has 3 N–H and O–H groups in total. The normalized spacial score (nSPS) is 9.71. The molecule has 0 aromatic heterocycles. The Bertz CT molecular complexity index is 406. The highest BCUT2D eigenvalue weighted by Crippen LogP contribution is 2.15. The van der Waals surface area contributed by atoms with Gasteiger partial charge < -0.3 is 20.5 Å². The smallest absolute Gasteiger partial charge is 0.323 e. The Morgan fingerprint density at radius 1 is 1.35 bits per heavy atom. The van der Waals surface area contributed by atoms with Gasteiger partial charge in [-0.05, 0) is 6.07 Å². The maximum absolute atomic E-state index is 11.3. The summed E-state index contributed by atoms with van der Waals surface area (Å²) < 4.78 is 4.98. The number of carbonyl (C=O) groups excluding carboxylic acids is 1. The van der Waals surface area contributed by atoms with Crippen LogP contribution in [0.4, 0.5) is 10.5 Å². The molecule has 0 radical (unpaired) electrons. The number of ether oxygens (including phenoxy) is 1. The summed E-state index contributed by atoms with van der Waals surface area (Å²) >= 11 is 0. The van der Waals surface area contributed by atoms with Crippen molar-refractivity contribution in [2.24, 2.45) is 0 Å². The molecule has 0 heterocycles. The van der Waals surface area contributed by atoms with Crippen molar-refractivity contribution < 1.29 is 19.4 Å². The summed E-state index contributed by atoms with van der Waals surface area (Å²) in [6.07, 6.45) is 0. The summed E-state index contributed by atoms with van der Waals surface area (Å²) in [5.74, 6) is -1.09. The van der Waals surface area contributed by atoms with Crippen LogP contribution in [0.15, 0.2) is 24.3 Å². The number of anilines is 1. The summed E-state index contributed by atoms with van der Waals surface area (Å²) in [7, 11) is 1.56. The fourth-order valence-corrected chi connectivity index (χ4v) is 1.25. The maximum atomic E-state index is 11.3. The van der Waals surface area contributed by atoms with Gasteiger partial charge in [0.25, 0.3) is 0 Å². The molecular weight excluding hydrogens is 224 g/mol. The van der Waals surface area contributed by atoms with Crippen molar-refractivity contribution in [3.8, 4) is 0 Å². The second kappa shape index (κ2) is 6.49. The molecule has 0 saturated carbocycles. The van der Waals surface area contributed by atoms with Gasteiger partial charge in [-0.1, -0.05) is 18.2 Å². The quantitative estimate of drug-likeness (QED) is 0.715. The van der Waals surface area contributed by atoms with E-state index in [9.17, 15) is 9.59 Å². The average molecular weight is 238 g/mol. The molecule has 1 aromatic carbocycles. The fourth-order valence-electron chi connectivity index (χ4n) is 1.25. The molecule has 0 unspecified atom stereocenters. The van der Waals surface area contributed by atoms with Crippen LogP contribution in [0.3, 0.4) is 0 Å². The van der Waals surface area contributed by atoms with Crippen molar-refractivity contribution in [3.63, 3.8) is 0 Å². The lowest BCUT2D eigenvalue weighted by molar-refractivity contribution is -0.135. The first-order valence-electron chi connectivity index (χ1n) is 4.97. The van der Waals surface area contributed by atoms with Crippen LogP contribution in [-0.2, 0) is 16.1 Å². The predicted molar refractivity (Wildman–Crippen MR) is 61.8 cm³/mol. The van der Waals surface area contributed by atoms with Gasteiger partial charge in [-0.3, -0.25) is 4.79 Å². The van der Waals surface area contributed by atoms with Gasteiger partial charge in [0, 0.05) is 18.4 Å². The molecular formula is C11H14N2O4. The van der Waals surface area contributed by atoms with E-state index in [0.29, 0.717) is 12.3 Å². The lowest BCUT2D eigenvalue weighted by Gasteiger charge is -2.10. The number of amides is 2. The molecule has 0 aliphatic rings. The van der Waals surface area contributed by atoms with E-state index in [4.69, 9.17) is 9.84 Å². The number of carbonyl (C=O) groups is 2. The molecule has 0 atom stereocenters. The first-order chi connectivity index (χ1) is 8.13. The highest BCUT2D eigenvalue weighted by Gasteiger charge is 2.06. The van der Waals surface area contributed by atoms with Crippen molar-refractivity contribution in [2.75, 3.05) is 19.0 Å². The van der Waals surface area contributed by atoms with Gasteiger partial charge in [0.2, 0.25) is 0 Å². The summed E-state index contributed by atoms with van der Waals surface area (Å²) in [6.45, 7) is -0.0480. The number of hydrogen-bond donors (Lipinski definition) is 3. The second-order valence-electron chi connectivity index (χ2n) is 3.29. The first-order valence-corrected chi connectivity index (χ1v) is 4.97. The van der Waals surface area contributed by atoms with Crippen LogP contribution >= 0.6 is 0 Å². The Hall–Kier alpha value is -2.08. The third-order valence-corrected chi connectivity index (χ3v) is 1.97. The lowest BCUT2D eigenvalue weighted by Crippen LogP contribution is -2.33. The minimum atomic E-state index is -1.09. The van der Waals surface area contributed by atoms with E-state index in [2.05, 4.69) is 10.6 Å². The van der Waals surface area contributed by atoms with Gasteiger partial charge in [0.1, 0.15) is 6.54 Å². The topological polar surface area (TPSA) is 87.7 Å². The summed E-state index contributed by atoms with van der Waals surface area (Å²) in [5.41, 5.74) is 1.41. The van der Waals surface area contributed by atoms with Gasteiger partial charge in [-0.2, -0.15) is 0 Å². The zero-order valence-electron chi connectivity index (χ0n) is 9.40. The molecule has 1 rings (SSSR count). The van der Waals surface area contributed by atoms with Crippen molar-refractivity contribution in [2.45, 2.75) is 6.61 Å². The summed E-state index contributed by atoms with van der Waals surface area (Å²) in [4.78, 5) is 21.6. The van der Waals surface area contributed by atoms with Crippen molar-refractivity contribution in [1.29, 1.82) is 0 Å². The molecule has 6 heteroatoms. The van der Waals surface area contributed by atoms with E-state index in [1.54, 1.807) is 19.2 Å². The zero-order chi connectivity index (χ0) is 12.7. The van der Waals surface area contributed by atoms with Gasteiger partial charge in [0.15, 0.2) is 0 Å². The van der Waals surface area contributed by atoms with Crippen molar-refractivity contribution in [3.05, 3.63) is 29.8 Å². The van der Waals surface area contributed by atoms with Crippen molar-refractivity contribution in [1.82, 2.24) is 5.32 Å². The average Bonchev–Trinajstić information content (AvgIpc) is 2.29. The second-order valence-corrected chi connectivity index (χ2v) is 3.29. The molecule has 0 bridgehead atoms. The molecule has 0 aliphatic carbocycles. The van der Waals surface area contributed by atoms with Crippen LogP contribution in [0.25, 0.3) is 0 Å². The Morgan fingerprint density at radius 2 is 2.06 bits per heavy atom. The minimum absolute atomic E-state index is 0.370. The minimum Gasteiger partial charge on any atom is -0.480 e. The number of benzene rings is 1. The Kier molecular flexibility index (Phi) is 4.96. The van der Waals surface area contributed by atoms with E-state index in [1.807, 2.05) is 12.1 Å². The molecule has 0 aliphatic heterocycles. The lowest BCUT2D eigenvalue weighted by atomic mass is 10.2. The monoisotopic (exact) mass is 238 g/mol. The van der Waals surface area contributed by atoms with Gasteiger partial charge in [-0.25, -0.2) is 4.79 Å². The molecule has 0 fully saturated rings. The fraction of sp³-hybridized carbons (Fsp3) is 0.273. The molecule has 92 valence electrons. The van der Waals surface area contributed by atoms with E-state index >= 15 is 0 Å². The number of aliphatic carboxylic acids is 1. The van der Waals surface area contributed by atoms with Crippen LogP contribution in [0.5, 0.6) is 0 Å². The standard InChI is InChI=1S/C11H14N2O4/c1-17-7-8-4-2-3-5-9(8)13-11(16)12-6-10(14)15/h2-5H,6-7H2,1H3,(H,14,15)(H2,12,13,16). The Labute approximate surface area is 98.6 Å². The number of nitrogens with one attached hydrogen (secondary N) is 2. The van der Waals surface area contributed by atoms with E-state index < -0.39 is 18.5 Å². The maximum Gasteiger partial charge on any atom is 0.323 e. The van der Waals surface area contributed by atoms with Gasteiger partial charge >= 0.3 is 12.0 Å². The van der Waals surface area contributed by atoms with Crippen molar-refractivity contribution >= 4 is 17.7 Å². The number of hydrogen-bond acceptors (Lipinski definition) is 3. The molecule has 6 nitrogen and oxygen atoms in total. The van der Waals surface area contributed by atoms with Crippen LogP contribution < -0.4 is 10.6 Å². The third kappa shape index (κ3) is 4.52. The zero-order valence-corrected chi connectivity index (χ0v) is 9.40. The molecule has 17 heavy (non-hydrogen) atoms. The largest absolute Gasteiger partial charge is 0.480 e. The van der Waals surface area contributed by atoms with Gasteiger partial charge in [0.05, 0.1) is 6.61 Å². The number of methoxy groups -OCH3 is 1. The molecule has 2 amide bonds. The Balaban J connectivity index is 2.61. The van der Waals surface area contributed by atoms with Crippen LogP contribution in [-0.4, -0.2) is 30.8 Å². The molecule has 1 aromatic rings. The number of para-hydroxylation sites is 1. The third-order valence-electron chi connectivity index (χ3n) is 1.97.